The SMILES string of the molecule is C#CN(C(=O)C(CCSC)NC(=O)OC(C)(C)C)C(C(=O)Nc1c(C)cccc1Cl)c1cccc(O)c1. The summed E-state index contributed by atoms with van der Waals surface area (Å²) >= 11 is 7.79. The van der Waals surface area contributed by atoms with E-state index in [1.807, 2.05) is 6.26 Å². The van der Waals surface area contributed by atoms with Crippen LogP contribution in [0.3, 0.4) is 0 Å². The molecule has 0 heterocycles. The van der Waals surface area contributed by atoms with E-state index < -0.39 is 35.6 Å². The molecule has 0 fully saturated rings. The van der Waals surface area contributed by atoms with Crippen LogP contribution in [-0.2, 0) is 14.3 Å². The first-order valence-electron chi connectivity index (χ1n) is 11.5. The molecule has 0 saturated carbocycles. The molecule has 0 saturated heterocycles. The molecule has 0 aliphatic rings. The molecule has 2 rings (SSSR count). The van der Waals surface area contributed by atoms with Gasteiger partial charge in [-0.05, 0) is 75.5 Å². The van der Waals surface area contributed by atoms with Crippen molar-refractivity contribution in [2.75, 3.05) is 17.3 Å². The number of phenols is 1. The number of hydrogen-bond acceptors (Lipinski definition) is 6. The summed E-state index contributed by atoms with van der Waals surface area (Å²) in [5, 5.41) is 15.7. The zero-order valence-electron chi connectivity index (χ0n) is 21.5. The molecule has 2 aromatic carbocycles. The number of thioether (sulfide) groups is 1. The molecule has 37 heavy (non-hydrogen) atoms. The van der Waals surface area contributed by atoms with E-state index >= 15 is 0 Å². The molecule has 10 heteroatoms. The zero-order chi connectivity index (χ0) is 27.8. The Hall–Kier alpha value is -3.35. The van der Waals surface area contributed by atoms with Gasteiger partial charge in [0.1, 0.15) is 23.4 Å². The van der Waals surface area contributed by atoms with Gasteiger partial charge in [-0.3, -0.25) is 14.5 Å². The van der Waals surface area contributed by atoms with Gasteiger partial charge in [0.25, 0.3) is 11.8 Å². The lowest BCUT2D eigenvalue weighted by Crippen LogP contribution is -2.51. The minimum absolute atomic E-state index is 0.112. The number of anilines is 1. The van der Waals surface area contributed by atoms with E-state index in [9.17, 15) is 19.5 Å². The summed E-state index contributed by atoms with van der Waals surface area (Å²) in [5.74, 6) is -0.901. The highest BCUT2D eigenvalue weighted by molar-refractivity contribution is 7.98. The summed E-state index contributed by atoms with van der Waals surface area (Å²) in [4.78, 5) is 40.7. The highest BCUT2D eigenvalue weighted by Gasteiger charge is 2.36. The predicted octanol–water partition coefficient (Wildman–Crippen LogP) is 5.10. The maximum atomic E-state index is 13.7. The topological polar surface area (TPSA) is 108 Å². The second-order valence-electron chi connectivity index (χ2n) is 9.24. The maximum absolute atomic E-state index is 13.7. The van der Waals surface area contributed by atoms with Crippen LogP contribution in [0.4, 0.5) is 10.5 Å². The monoisotopic (exact) mass is 545 g/mol. The van der Waals surface area contributed by atoms with Gasteiger partial charge in [0, 0.05) is 6.04 Å². The highest BCUT2D eigenvalue weighted by Crippen LogP contribution is 2.30. The van der Waals surface area contributed by atoms with Crippen LogP contribution in [0.25, 0.3) is 0 Å². The number of nitrogens with one attached hydrogen (secondary N) is 2. The van der Waals surface area contributed by atoms with Crippen LogP contribution in [0.2, 0.25) is 5.02 Å². The van der Waals surface area contributed by atoms with Crippen molar-refractivity contribution < 1.29 is 24.2 Å². The van der Waals surface area contributed by atoms with E-state index in [0.717, 1.165) is 4.90 Å². The number of hydrogen-bond donors (Lipinski definition) is 3. The van der Waals surface area contributed by atoms with Gasteiger partial charge in [0.2, 0.25) is 0 Å². The largest absolute Gasteiger partial charge is 0.508 e. The van der Waals surface area contributed by atoms with E-state index in [-0.39, 0.29) is 17.7 Å². The quantitative estimate of drug-likeness (QED) is 0.299. The summed E-state index contributed by atoms with van der Waals surface area (Å²) in [7, 11) is 0. The Morgan fingerprint density at radius 2 is 1.89 bits per heavy atom. The number of nitrogens with zero attached hydrogens (tertiary/aromatic N) is 1. The minimum atomic E-state index is -1.34. The molecule has 2 unspecified atom stereocenters. The number of halogens is 1. The van der Waals surface area contributed by atoms with E-state index in [2.05, 4.69) is 16.7 Å². The number of ether oxygens (including phenoxy) is 1. The molecule has 0 spiro atoms. The number of para-hydroxylation sites is 1. The van der Waals surface area contributed by atoms with Gasteiger partial charge < -0.3 is 20.5 Å². The van der Waals surface area contributed by atoms with Crippen LogP contribution in [-0.4, -0.2) is 51.6 Å². The maximum Gasteiger partial charge on any atom is 0.408 e. The molecule has 0 aliphatic heterocycles. The number of aryl methyl sites for hydroxylation is 1. The van der Waals surface area contributed by atoms with Crippen molar-refractivity contribution in [3.63, 3.8) is 0 Å². The molecule has 0 aromatic heterocycles. The van der Waals surface area contributed by atoms with Gasteiger partial charge in [0.05, 0.1) is 10.7 Å². The third-order valence-electron chi connectivity index (χ3n) is 5.14. The Morgan fingerprint density at radius 3 is 2.46 bits per heavy atom. The molecule has 3 N–H and O–H groups in total. The number of aromatic hydroxyl groups is 1. The number of alkyl carbamates (subject to hydrolysis) is 1. The summed E-state index contributed by atoms with van der Waals surface area (Å²) in [6.45, 7) is 6.89. The fourth-order valence-corrected chi connectivity index (χ4v) is 4.21. The van der Waals surface area contributed by atoms with Crippen molar-refractivity contribution in [3.8, 4) is 18.2 Å². The normalized spacial score (nSPS) is 12.6. The van der Waals surface area contributed by atoms with Crippen LogP contribution < -0.4 is 10.6 Å². The fraction of sp³-hybridized carbons (Fsp3) is 0.370. The molecule has 0 aliphatic carbocycles. The van der Waals surface area contributed by atoms with E-state index in [4.69, 9.17) is 22.8 Å². The first kappa shape index (κ1) is 29.9. The molecule has 8 nitrogen and oxygen atoms in total. The average Bonchev–Trinajstić information content (AvgIpc) is 2.80. The van der Waals surface area contributed by atoms with Crippen molar-refractivity contribution in [2.24, 2.45) is 0 Å². The Morgan fingerprint density at radius 1 is 1.22 bits per heavy atom. The van der Waals surface area contributed by atoms with Gasteiger partial charge in [-0.2, -0.15) is 11.8 Å². The summed E-state index contributed by atoms with van der Waals surface area (Å²) < 4.78 is 5.32. The van der Waals surface area contributed by atoms with Crippen LogP contribution in [0.15, 0.2) is 42.5 Å². The lowest BCUT2D eigenvalue weighted by atomic mass is 10.0. The Labute approximate surface area is 227 Å². The number of amides is 3. The smallest absolute Gasteiger partial charge is 0.408 e. The Kier molecular flexibility index (Phi) is 10.7. The molecule has 2 atom stereocenters. The second-order valence-corrected chi connectivity index (χ2v) is 10.6. The van der Waals surface area contributed by atoms with E-state index in [1.165, 1.54) is 30.0 Å². The third kappa shape index (κ3) is 8.62. The molecule has 3 amide bonds. The number of carbonyl (C=O) groups is 3. The predicted molar refractivity (Wildman–Crippen MR) is 148 cm³/mol. The molecule has 0 radical (unpaired) electrons. The molecular weight excluding hydrogens is 514 g/mol. The van der Waals surface area contributed by atoms with Gasteiger partial charge in [-0.1, -0.05) is 42.3 Å². The number of phenolic OH excluding ortho intramolecular Hbond substituents is 1. The zero-order valence-corrected chi connectivity index (χ0v) is 23.1. The van der Waals surface area contributed by atoms with Crippen LogP contribution in [0.5, 0.6) is 5.75 Å². The van der Waals surface area contributed by atoms with Crippen molar-refractivity contribution in [1.82, 2.24) is 10.2 Å². The molecular formula is C27H32ClN3O5S. The van der Waals surface area contributed by atoms with E-state index in [1.54, 1.807) is 52.0 Å². The van der Waals surface area contributed by atoms with Crippen molar-refractivity contribution >= 4 is 47.0 Å². The standard InChI is InChI=1S/C27H32ClN3O5S/c1-7-31(25(34)21(14-15-37-6)29-26(35)36-27(3,4)5)23(18-11-9-12-19(32)16-18)24(33)30-22-17(2)10-8-13-20(22)28/h1,8-13,16,21,23,32H,14-15H2,2-6H3,(H,29,35)(H,30,33). The lowest BCUT2D eigenvalue weighted by Gasteiger charge is -2.30. The first-order valence-corrected chi connectivity index (χ1v) is 13.3. The first-order chi connectivity index (χ1) is 17.4. The molecule has 198 valence electrons. The van der Waals surface area contributed by atoms with Gasteiger partial charge in [-0.25, -0.2) is 4.79 Å². The average molecular weight is 546 g/mol. The van der Waals surface area contributed by atoms with Crippen molar-refractivity contribution in [1.29, 1.82) is 0 Å². The summed E-state index contributed by atoms with van der Waals surface area (Å²) in [5.41, 5.74) is 0.572. The third-order valence-corrected chi connectivity index (χ3v) is 6.10. The van der Waals surface area contributed by atoms with Crippen molar-refractivity contribution in [2.45, 2.75) is 51.8 Å². The molecule has 0 bridgehead atoms. The Balaban J connectivity index is 2.48. The molecule has 2 aromatic rings. The second kappa shape index (κ2) is 13.3. The fourth-order valence-electron chi connectivity index (χ4n) is 3.47. The van der Waals surface area contributed by atoms with Gasteiger partial charge in [-0.15, -0.1) is 0 Å². The number of terminal acetylenes is 1. The highest BCUT2D eigenvalue weighted by atomic mass is 35.5. The van der Waals surface area contributed by atoms with Crippen LogP contribution in [0.1, 0.15) is 44.4 Å². The van der Waals surface area contributed by atoms with Crippen LogP contribution >= 0.6 is 23.4 Å². The lowest BCUT2D eigenvalue weighted by molar-refractivity contribution is -0.136. The summed E-state index contributed by atoms with van der Waals surface area (Å²) in [6, 6.07) is 10.9. The number of benzene rings is 2. The van der Waals surface area contributed by atoms with Gasteiger partial charge >= 0.3 is 6.09 Å². The number of carbonyl (C=O) groups excluding carboxylic acids is 3. The summed E-state index contributed by atoms with van der Waals surface area (Å²) in [6.07, 6.45) is 7.10. The van der Waals surface area contributed by atoms with E-state index in [0.29, 0.717) is 22.0 Å². The van der Waals surface area contributed by atoms with Crippen LogP contribution in [0, 0.1) is 19.4 Å². The minimum Gasteiger partial charge on any atom is -0.508 e. The van der Waals surface area contributed by atoms with Crippen molar-refractivity contribution in [3.05, 3.63) is 58.6 Å². The van der Waals surface area contributed by atoms with Gasteiger partial charge in [0.15, 0.2) is 0 Å². The Bertz CT molecular complexity index is 1160. The number of rotatable bonds is 9.